The first kappa shape index (κ1) is 35.3. The fourth-order valence-electron chi connectivity index (χ4n) is 5.51. The molecule has 7 heteroatoms. The van der Waals surface area contributed by atoms with Crippen LogP contribution in [0.15, 0.2) is 60.7 Å². The van der Waals surface area contributed by atoms with Crippen molar-refractivity contribution in [3.05, 3.63) is 66.2 Å². The van der Waals surface area contributed by atoms with E-state index in [1.165, 1.54) is 31.2 Å². The van der Waals surface area contributed by atoms with E-state index in [9.17, 15) is 10.2 Å². The van der Waals surface area contributed by atoms with Gasteiger partial charge in [0.2, 0.25) is 0 Å². The number of unbranched alkanes of at least 4 members (excludes halogenated alkanes) is 1. The highest BCUT2D eigenvalue weighted by Gasteiger charge is 2.36. The van der Waals surface area contributed by atoms with Gasteiger partial charge >= 0.3 is 15.0 Å². The minimum Gasteiger partial charge on any atom is -0.427 e. The molecule has 0 bridgehead atoms. The Morgan fingerprint density at radius 1 is 0.689 bits per heavy atom. The maximum atomic E-state index is 10.6. The third-order valence-corrected chi connectivity index (χ3v) is 10.3. The van der Waals surface area contributed by atoms with E-state index in [2.05, 4.69) is 79.1 Å². The van der Waals surface area contributed by atoms with Crippen LogP contribution in [0, 0.1) is 5.92 Å². The van der Waals surface area contributed by atoms with Crippen molar-refractivity contribution >= 4 is 47.7 Å². The molecule has 1 aromatic heterocycles. The standard InChI is InChI=1S/C38H55B2NO4/c1-11-13-14-26(12-2)23-27-15-19-30(20-16-27)41-33-21-17-28(39-44-37(7,8)35(3,4)42)24-31(33)32-25-29(18-22-34(32)41)40-45-38(9,10)36(5,6)43/h15-22,24-26,39-40,42-43H,11-14,23H2,1-10H3. The molecule has 242 valence electrons. The Kier molecular flexibility index (Phi) is 10.7. The Bertz CT molecular complexity index is 1490. The van der Waals surface area contributed by atoms with Gasteiger partial charge in [-0.05, 0) is 97.6 Å². The van der Waals surface area contributed by atoms with Gasteiger partial charge in [-0.15, -0.1) is 0 Å². The SMILES string of the molecule is CCCCC(CC)Cc1ccc(-n2c3ccc(BOC(C)(C)C(C)(C)O)cc3c3cc(BOC(C)(C)C(C)(C)O)ccc32)cc1. The van der Waals surface area contributed by atoms with Gasteiger partial charge in [0.25, 0.3) is 0 Å². The Morgan fingerprint density at radius 3 is 1.56 bits per heavy atom. The molecule has 1 unspecified atom stereocenters. The lowest BCUT2D eigenvalue weighted by Gasteiger charge is -2.37. The number of aliphatic hydroxyl groups is 2. The average molecular weight is 611 g/mol. The fraction of sp³-hybridized carbons (Fsp3) is 0.526. The van der Waals surface area contributed by atoms with E-state index in [4.69, 9.17) is 9.31 Å². The number of rotatable bonds is 15. The molecule has 1 atom stereocenters. The molecule has 45 heavy (non-hydrogen) atoms. The molecule has 0 aliphatic rings. The van der Waals surface area contributed by atoms with Crippen LogP contribution >= 0.6 is 0 Å². The van der Waals surface area contributed by atoms with Crippen LogP contribution < -0.4 is 10.9 Å². The second-order valence-corrected chi connectivity index (χ2v) is 15.0. The third-order valence-electron chi connectivity index (χ3n) is 10.3. The van der Waals surface area contributed by atoms with Gasteiger partial charge in [0.15, 0.2) is 0 Å². The summed E-state index contributed by atoms with van der Waals surface area (Å²) in [7, 11) is 0.793. The highest BCUT2D eigenvalue weighted by atomic mass is 16.5. The van der Waals surface area contributed by atoms with Gasteiger partial charge in [-0.25, -0.2) is 0 Å². The molecule has 0 amide bonds. The molecule has 4 rings (SSSR count). The number of hydrogen-bond acceptors (Lipinski definition) is 4. The van der Waals surface area contributed by atoms with Crippen LogP contribution in [-0.4, -0.2) is 52.1 Å². The second-order valence-electron chi connectivity index (χ2n) is 15.0. The molecule has 2 N–H and O–H groups in total. The highest BCUT2D eigenvalue weighted by Crippen LogP contribution is 2.32. The summed E-state index contributed by atoms with van der Waals surface area (Å²) in [4.78, 5) is 0. The zero-order valence-corrected chi connectivity index (χ0v) is 29.5. The first-order valence-corrected chi connectivity index (χ1v) is 16.9. The Morgan fingerprint density at radius 2 is 1.16 bits per heavy atom. The van der Waals surface area contributed by atoms with Gasteiger partial charge in [0, 0.05) is 16.5 Å². The summed E-state index contributed by atoms with van der Waals surface area (Å²) in [6.07, 6.45) is 6.17. The zero-order chi connectivity index (χ0) is 33.2. The van der Waals surface area contributed by atoms with Crippen molar-refractivity contribution in [2.24, 2.45) is 5.92 Å². The summed E-state index contributed by atoms with van der Waals surface area (Å²) in [6, 6.07) is 22.2. The second kappa shape index (κ2) is 13.7. The summed E-state index contributed by atoms with van der Waals surface area (Å²) in [5.74, 6) is 0.730. The van der Waals surface area contributed by atoms with E-state index in [0.29, 0.717) is 15.0 Å². The first-order valence-electron chi connectivity index (χ1n) is 16.9. The Labute approximate surface area is 272 Å². The third kappa shape index (κ3) is 8.05. The summed E-state index contributed by atoms with van der Waals surface area (Å²) in [6.45, 7) is 19.4. The maximum Gasteiger partial charge on any atom is 0.309 e. The predicted molar refractivity (Wildman–Crippen MR) is 194 cm³/mol. The normalized spacial score (nSPS) is 13.9. The lowest BCUT2D eigenvalue weighted by atomic mass is 9.81. The van der Waals surface area contributed by atoms with Crippen LogP contribution in [0.1, 0.15) is 100 Å². The van der Waals surface area contributed by atoms with Gasteiger partial charge in [-0.3, -0.25) is 0 Å². The fourth-order valence-corrected chi connectivity index (χ4v) is 5.51. The molecule has 0 radical (unpaired) electrons. The summed E-state index contributed by atoms with van der Waals surface area (Å²) in [5, 5.41) is 23.5. The maximum absolute atomic E-state index is 10.6. The Hall–Kier alpha value is -2.57. The van der Waals surface area contributed by atoms with E-state index >= 15 is 0 Å². The van der Waals surface area contributed by atoms with Crippen LogP contribution in [0.3, 0.4) is 0 Å². The lowest BCUT2D eigenvalue weighted by Crippen LogP contribution is -2.49. The van der Waals surface area contributed by atoms with E-state index in [1.54, 1.807) is 27.7 Å². The van der Waals surface area contributed by atoms with Gasteiger partial charge in [-0.2, -0.15) is 0 Å². The molecule has 4 aromatic rings. The quantitative estimate of drug-likeness (QED) is 0.148. The number of fused-ring (bicyclic) bond motifs is 3. The van der Waals surface area contributed by atoms with E-state index < -0.39 is 22.4 Å². The van der Waals surface area contributed by atoms with Crippen molar-refractivity contribution < 1.29 is 19.5 Å². The molecule has 3 aromatic carbocycles. The summed E-state index contributed by atoms with van der Waals surface area (Å²) < 4.78 is 14.8. The van der Waals surface area contributed by atoms with Crippen LogP contribution in [0.25, 0.3) is 27.5 Å². The molecule has 0 fully saturated rings. The molecule has 0 aliphatic carbocycles. The summed E-state index contributed by atoms with van der Waals surface area (Å²) >= 11 is 0. The van der Waals surface area contributed by atoms with Gasteiger partial charge in [0.1, 0.15) is 0 Å². The van der Waals surface area contributed by atoms with Crippen molar-refractivity contribution in [1.82, 2.24) is 4.57 Å². The molecule has 0 saturated heterocycles. The van der Waals surface area contributed by atoms with Crippen LogP contribution in [0.4, 0.5) is 0 Å². The lowest BCUT2D eigenvalue weighted by molar-refractivity contribution is -0.0893. The van der Waals surface area contributed by atoms with Crippen molar-refractivity contribution in [3.8, 4) is 5.69 Å². The number of aromatic nitrogens is 1. The molecule has 5 nitrogen and oxygen atoms in total. The molecular weight excluding hydrogens is 556 g/mol. The topological polar surface area (TPSA) is 63.9 Å². The van der Waals surface area contributed by atoms with Crippen LogP contribution in [0.5, 0.6) is 0 Å². The predicted octanol–water partition coefficient (Wildman–Crippen LogP) is 6.63. The minimum atomic E-state index is -0.974. The molecular formula is C38H55B2NO4. The monoisotopic (exact) mass is 611 g/mol. The Balaban J connectivity index is 1.75. The number of hydrogen-bond donors (Lipinski definition) is 2. The summed E-state index contributed by atoms with van der Waals surface area (Å²) in [5.41, 5.74) is 3.54. The number of benzene rings is 3. The minimum absolute atomic E-state index is 0.396. The highest BCUT2D eigenvalue weighted by molar-refractivity contribution is 6.48. The number of nitrogens with zero attached hydrogens (tertiary/aromatic N) is 1. The smallest absolute Gasteiger partial charge is 0.309 e. The molecule has 0 aliphatic heterocycles. The van der Waals surface area contributed by atoms with Gasteiger partial charge < -0.3 is 24.1 Å². The van der Waals surface area contributed by atoms with Crippen molar-refractivity contribution in [2.75, 3.05) is 0 Å². The largest absolute Gasteiger partial charge is 0.427 e. The van der Waals surface area contributed by atoms with Crippen LogP contribution in [0.2, 0.25) is 0 Å². The van der Waals surface area contributed by atoms with E-state index in [-0.39, 0.29) is 0 Å². The molecule has 1 heterocycles. The van der Waals surface area contributed by atoms with E-state index in [0.717, 1.165) is 50.8 Å². The van der Waals surface area contributed by atoms with E-state index in [1.807, 2.05) is 27.7 Å². The average Bonchev–Trinajstić information content (AvgIpc) is 3.29. The van der Waals surface area contributed by atoms with Gasteiger partial charge in [0.05, 0.1) is 33.4 Å². The van der Waals surface area contributed by atoms with Crippen molar-refractivity contribution in [1.29, 1.82) is 0 Å². The van der Waals surface area contributed by atoms with Crippen molar-refractivity contribution in [3.63, 3.8) is 0 Å². The molecule has 0 saturated carbocycles. The first-order chi connectivity index (χ1) is 21.0. The van der Waals surface area contributed by atoms with Crippen LogP contribution in [-0.2, 0) is 15.7 Å². The van der Waals surface area contributed by atoms with Gasteiger partial charge in [-0.1, -0.05) is 86.9 Å². The van der Waals surface area contributed by atoms with Crippen molar-refractivity contribution in [2.45, 2.75) is 124 Å². The molecule has 0 spiro atoms. The zero-order valence-electron chi connectivity index (χ0n) is 29.5.